The Kier molecular flexibility index (Phi) is 3.93. The quantitative estimate of drug-likeness (QED) is 0.448. The molecule has 0 aliphatic rings. The highest BCUT2D eigenvalue weighted by atomic mass is 14.8. The second-order valence-corrected chi connectivity index (χ2v) is 0.763. The smallest absolute Gasteiger partial charge is 0.0133 e. The lowest BCUT2D eigenvalue weighted by Crippen LogP contribution is -2.00. The van der Waals surface area contributed by atoms with E-state index in [1.54, 1.807) is 0 Å². The topological polar surface area (TPSA) is 14.1 Å². The maximum Gasteiger partial charge on any atom is 0.0133 e. The third kappa shape index (κ3) is 3.96. The molecule has 0 N–H and O–H groups in total. The number of rotatable bonds is 2. The van der Waals surface area contributed by atoms with Crippen molar-refractivity contribution in [1.82, 2.24) is 5.32 Å². The van der Waals surface area contributed by atoms with Crippen LogP contribution in [0, 0.1) is 6.92 Å². The van der Waals surface area contributed by atoms with Crippen molar-refractivity contribution in [3.05, 3.63) is 6.92 Å². The molecule has 0 rings (SSSR count). The summed E-state index contributed by atoms with van der Waals surface area (Å²) in [5.74, 6) is 0. The lowest BCUT2D eigenvalue weighted by Gasteiger charge is -1.82. The average molecular weight is 71.1 g/mol. The molecule has 0 aliphatic carbocycles. The molecule has 2 radical (unpaired) electrons. The molecule has 0 aromatic heterocycles. The first kappa shape index (κ1) is 4.96. The Bertz CT molecular complexity index is 11.1. The van der Waals surface area contributed by atoms with Gasteiger partial charge in [-0.05, 0) is 6.92 Å². The van der Waals surface area contributed by atoms with E-state index in [1.807, 2.05) is 6.92 Å². The molecule has 0 spiro atoms. The molecular formula is C4H9N. The largest absolute Gasteiger partial charge is 0.242 e. The highest BCUT2D eigenvalue weighted by molar-refractivity contribution is 4.38. The van der Waals surface area contributed by atoms with Gasteiger partial charge < -0.3 is 0 Å². The summed E-state index contributed by atoms with van der Waals surface area (Å²) in [6.07, 6.45) is 0. The van der Waals surface area contributed by atoms with Crippen LogP contribution in [-0.2, 0) is 0 Å². The van der Waals surface area contributed by atoms with Crippen LogP contribution in [0.15, 0.2) is 0 Å². The first-order valence-corrected chi connectivity index (χ1v) is 1.84. The summed E-state index contributed by atoms with van der Waals surface area (Å²) in [5, 5.41) is 3.86. The van der Waals surface area contributed by atoms with Crippen LogP contribution in [0.1, 0.15) is 6.92 Å². The standard InChI is InChI=1S/C4H9N/c1-3-5-4-2/h1,3-4H2,2H3. The number of hydrogen-bond donors (Lipinski definition) is 0. The van der Waals surface area contributed by atoms with Crippen LogP contribution in [-0.4, -0.2) is 13.1 Å². The highest BCUT2D eigenvalue weighted by Crippen LogP contribution is 1.52. The van der Waals surface area contributed by atoms with Gasteiger partial charge in [0.2, 0.25) is 0 Å². The molecule has 5 heavy (non-hydrogen) atoms. The molecule has 0 amide bonds. The summed E-state index contributed by atoms with van der Waals surface area (Å²) in [5.41, 5.74) is 0. The predicted octanol–water partition coefficient (Wildman–Crippen LogP) is 0.445. The third-order valence-electron chi connectivity index (χ3n) is 0.382. The number of hydrogen-bond acceptors (Lipinski definition) is 0. The van der Waals surface area contributed by atoms with Crippen molar-refractivity contribution in [2.45, 2.75) is 6.92 Å². The first-order chi connectivity index (χ1) is 2.41. The lowest BCUT2D eigenvalue weighted by molar-refractivity contribution is 0.780. The van der Waals surface area contributed by atoms with Gasteiger partial charge in [0.1, 0.15) is 0 Å². The second kappa shape index (κ2) is 3.96. The Balaban J connectivity index is 2.19. The van der Waals surface area contributed by atoms with Gasteiger partial charge in [-0.15, -0.1) is 0 Å². The van der Waals surface area contributed by atoms with Crippen molar-refractivity contribution in [2.24, 2.45) is 0 Å². The zero-order valence-electron chi connectivity index (χ0n) is 3.57. The van der Waals surface area contributed by atoms with Crippen LogP contribution < -0.4 is 5.32 Å². The van der Waals surface area contributed by atoms with Gasteiger partial charge in [-0.25, -0.2) is 5.32 Å². The normalized spacial score (nSPS) is 8.40. The van der Waals surface area contributed by atoms with Gasteiger partial charge in [0.25, 0.3) is 0 Å². The zero-order chi connectivity index (χ0) is 4.12. The molecule has 0 aliphatic heterocycles. The molecule has 0 fully saturated rings. The molecule has 30 valence electrons. The monoisotopic (exact) mass is 71.1 g/mol. The Morgan fingerprint density at radius 3 is 2.40 bits per heavy atom. The highest BCUT2D eigenvalue weighted by Gasteiger charge is 1.66. The fourth-order valence-electron chi connectivity index (χ4n) is 0.158. The molecular weight excluding hydrogens is 62.1 g/mol. The van der Waals surface area contributed by atoms with Crippen LogP contribution >= 0.6 is 0 Å². The Labute approximate surface area is 33.4 Å². The summed E-state index contributed by atoms with van der Waals surface area (Å²) in [6.45, 7) is 7.14. The molecule has 0 aromatic carbocycles. The van der Waals surface area contributed by atoms with Crippen molar-refractivity contribution in [3.63, 3.8) is 0 Å². The Morgan fingerprint density at radius 2 is 2.40 bits per heavy atom. The summed E-state index contributed by atoms with van der Waals surface area (Å²) in [7, 11) is 0. The molecule has 0 heterocycles. The van der Waals surface area contributed by atoms with Crippen LogP contribution in [0.25, 0.3) is 0 Å². The molecule has 0 saturated heterocycles. The summed E-state index contributed by atoms with van der Waals surface area (Å²) < 4.78 is 0. The first-order valence-electron chi connectivity index (χ1n) is 1.84. The van der Waals surface area contributed by atoms with E-state index in [9.17, 15) is 0 Å². The van der Waals surface area contributed by atoms with Crippen molar-refractivity contribution < 1.29 is 0 Å². The summed E-state index contributed by atoms with van der Waals surface area (Å²) in [4.78, 5) is 0. The van der Waals surface area contributed by atoms with E-state index in [1.165, 1.54) is 0 Å². The molecule has 0 bridgehead atoms. The van der Waals surface area contributed by atoms with Gasteiger partial charge in [0.15, 0.2) is 0 Å². The molecule has 0 unspecified atom stereocenters. The van der Waals surface area contributed by atoms with E-state index in [-0.39, 0.29) is 0 Å². The van der Waals surface area contributed by atoms with Gasteiger partial charge in [0.05, 0.1) is 0 Å². The minimum Gasteiger partial charge on any atom is -0.242 e. The van der Waals surface area contributed by atoms with Crippen molar-refractivity contribution in [1.29, 1.82) is 0 Å². The van der Waals surface area contributed by atoms with Gasteiger partial charge in [-0.3, -0.25) is 0 Å². The molecule has 1 heteroatoms. The van der Waals surface area contributed by atoms with Crippen molar-refractivity contribution in [3.8, 4) is 0 Å². The van der Waals surface area contributed by atoms with Crippen molar-refractivity contribution in [2.75, 3.05) is 13.1 Å². The van der Waals surface area contributed by atoms with E-state index in [2.05, 4.69) is 12.2 Å². The number of nitrogens with zero attached hydrogens (tertiary/aromatic N) is 1. The fraction of sp³-hybridized carbons (Fsp3) is 0.750. The molecule has 0 atom stereocenters. The van der Waals surface area contributed by atoms with Crippen LogP contribution in [0.2, 0.25) is 0 Å². The summed E-state index contributed by atoms with van der Waals surface area (Å²) >= 11 is 0. The van der Waals surface area contributed by atoms with E-state index in [0.717, 1.165) is 13.1 Å². The van der Waals surface area contributed by atoms with Crippen LogP contribution in [0.3, 0.4) is 0 Å². The maximum absolute atomic E-state index is 3.86. The van der Waals surface area contributed by atoms with Crippen LogP contribution in [0.5, 0.6) is 0 Å². The van der Waals surface area contributed by atoms with Gasteiger partial charge in [-0.2, -0.15) is 0 Å². The van der Waals surface area contributed by atoms with E-state index in [4.69, 9.17) is 0 Å². The molecule has 0 aromatic rings. The van der Waals surface area contributed by atoms with E-state index < -0.39 is 0 Å². The molecule has 0 saturated carbocycles. The average Bonchev–Trinajstić information content (AvgIpc) is 1.41. The Morgan fingerprint density at radius 1 is 1.80 bits per heavy atom. The van der Waals surface area contributed by atoms with Crippen molar-refractivity contribution >= 4 is 0 Å². The fourth-order valence-corrected chi connectivity index (χ4v) is 0.158. The minimum absolute atomic E-state index is 0.719. The lowest BCUT2D eigenvalue weighted by atomic mass is 10.7. The predicted molar refractivity (Wildman–Crippen MR) is 22.9 cm³/mol. The summed E-state index contributed by atoms with van der Waals surface area (Å²) in [6, 6.07) is 0. The minimum atomic E-state index is 0.719. The SMILES string of the molecule is [CH2]C[N]CC. The van der Waals surface area contributed by atoms with Gasteiger partial charge >= 0.3 is 0 Å². The van der Waals surface area contributed by atoms with E-state index >= 15 is 0 Å². The second-order valence-electron chi connectivity index (χ2n) is 0.763. The van der Waals surface area contributed by atoms with Gasteiger partial charge in [-0.1, -0.05) is 6.92 Å². The Hall–Kier alpha value is -0.0400. The molecule has 1 nitrogen and oxygen atoms in total. The van der Waals surface area contributed by atoms with E-state index in [0.29, 0.717) is 0 Å². The maximum atomic E-state index is 3.86. The van der Waals surface area contributed by atoms with Gasteiger partial charge in [0, 0.05) is 13.1 Å². The van der Waals surface area contributed by atoms with Crippen LogP contribution in [0.4, 0.5) is 0 Å². The third-order valence-corrected chi connectivity index (χ3v) is 0.382. The zero-order valence-corrected chi connectivity index (χ0v) is 3.57.